The van der Waals surface area contributed by atoms with Crippen molar-refractivity contribution in [3.63, 3.8) is 0 Å². The molecule has 0 bridgehead atoms. The van der Waals surface area contributed by atoms with Crippen molar-refractivity contribution in [2.45, 2.75) is 6.92 Å². The lowest BCUT2D eigenvalue weighted by atomic mass is 10.2. The van der Waals surface area contributed by atoms with E-state index in [1.165, 1.54) is 12.3 Å². The summed E-state index contributed by atoms with van der Waals surface area (Å²) in [6, 6.07) is 8.37. The summed E-state index contributed by atoms with van der Waals surface area (Å²) in [5.74, 6) is 0.150. The molecule has 0 amide bonds. The predicted molar refractivity (Wildman–Crippen MR) is 74.0 cm³/mol. The van der Waals surface area contributed by atoms with Crippen LogP contribution in [0.3, 0.4) is 0 Å². The van der Waals surface area contributed by atoms with Crippen LogP contribution in [-0.2, 0) is 0 Å². The number of hydrogen-bond acceptors (Lipinski definition) is 5. The van der Waals surface area contributed by atoms with Gasteiger partial charge in [-0.2, -0.15) is 5.10 Å². The van der Waals surface area contributed by atoms with Gasteiger partial charge in [-0.05, 0) is 19.1 Å². The van der Waals surface area contributed by atoms with E-state index in [4.69, 9.17) is 16.0 Å². The second-order valence-corrected chi connectivity index (χ2v) is 4.20. The molecular weight excluding hydrogens is 268 g/mol. The first-order valence-corrected chi connectivity index (χ1v) is 5.83. The highest BCUT2D eigenvalue weighted by Gasteiger charge is 2.06. The summed E-state index contributed by atoms with van der Waals surface area (Å²) in [6.45, 7) is 1.57. The van der Waals surface area contributed by atoms with Gasteiger partial charge < -0.3 is 9.52 Å². The molecular formula is C13H11ClN2O3. The molecule has 0 fully saturated rings. The van der Waals surface area contributed by atoms with Crippen LogP contribution in [0.15, 0.2) is 44.6 Å². The van der Waals surface area contributed by atoms with Gasteiger partial charge in [-0.25, -0.2) is 4.79 Å². The second-order valence-electron chi connectivity index (χ2n) is 3.79. The minimum absolute atomic E-state index is 0.0230. The molecule has 19 heavy (non-hydrogen) atoms. The number of hydrogen-bond donors (Lipinski definition) is 2. The summed E-state index contributed by atoms with van der Waals surface area (Å²) < 4.78 is 4.85. The van der Waals surface area contributed by atoms with E-state index in [-0.39, 0.29) is 11.3 Å². The standard InChI is InChI=1S/C13H11ClN2O3/c1-8-6-12(17)9(13(18)19-8)7-15-16-11-5-3-2-4-10(11)14/h2-7,16-17H,1H3/b15-7+. The normalized spacial score (nSPS) is 10.8. The third-order valence-electron chi connectivity index (χ3n) is 2.34. The quantitative estimate of drug-likeness (QED) is 0.669. The molecule has 0 atom stereocenters. The SMILES string of the molecule is Cc1cc(O)c(/C=N/Nc2ccccc2Cl)c(=O)o1. The molecule has 1 heterocycles. The van der Waals surface area contributed by atoms with Crippen molar-refractivity contribution in [3.8, 4) is 5.75 Å². The lowest BCUT2D eigenvalue weighted by Crippen LogP contribution is -2.08. The van der Waals surface area contributed by atoms with Crippen LogP contribution in [0.2, 0.25) is 5.02 Å². The van der Waals surface area contributed by atoms with Gasteiger partial charge in [0, 0.05) is 6.07 Å². The van der Waals surface area contributed by atoms with Gasteiger partial charge in [0.25, 0.3) is 0 Å². The van der Waals surface area contributed by atoms with E-state index in [2.05, 4.69) is 10.5 Å². The molecule has 1 aromatic heterocycles. The van der Waals surface area contributed by atoms with Crippen molar-refractivity contribution in [1.29, 1.82) is 0 Å². The van der Waals surface area contributed by atoms with E-state index >= 15 is 0 Å². The van der Waals surface area contributed by atoms with Crippen molar-refractivity contribution in [2.75, 3.05) is 5.43 Å². The van der Waals surface area contributed by atoms with E-state index in [0.717, 1.165) is 0 Å². The Hall–Kier alpha value is -2.27. The average Bonchev–Trinajstić information content (AvgIpc) is 2.34. The van der Waals surface area contributed by atoms with Gasteiger partial charge in [-0.15, -0.1) is 0 Å². The monoisotopic (exact) mass is 278 g/mol. The molecule has 0 saturated carbocycles. The molecule has 0 aliphatic carbocycles. The highest BCUT2D eigenvalue weighted by Crippen LogP contribution is 2.20. The van der Waals surface area contributed by atoms with Gasteiger partial charge in [0.05, 0.1) is 16.9 Å². The maximum Gasteiger partial charge on any atom is 0.348 e. The summed E-state index contributed by atoms with van der Waals surface area (Å²) in [5, 5.41) is 14.0. The number of anilines is 1. The number of aryl methyl sites for hydroxylation is 1. The van der Waals surface area contributed by atoms with Gasteiger partial charge in [-0.3, -0.25) is 5.43 Å². The Morgan fingerprint density at radius 1 is 1.42 bits per heavy atom. The lowest BCUT2D eigenvalue weighted by molar-refractivity contribution is 0.433. The lowest BCUT2D eigenvalue weighted by Gasteiger charge is -2.02. The highest BCUT2D eigenvalue weighted by molar-refractivity contribution is 6.33. The third kappa shape index (κ3) is 3.14. The first-order chi connectivity index (χ1) is 9.08. The van der Waals surface area contributed by atoms with Crippen LogP contribution in [0.5, 0.6) is 5.75 Å². The van der Waals surface area contributed by atoms with Gasteiger partial charge in [0.1, 0.15) is 17.1 Å². The summed E-state index contributed by atoms with van der Waals surface area (Å²) in [7, 11) is 0. The number of benzene rings is 1. The Morgan fingerprint density at radius 3 is 2.84 bits per heavy atom. The van der Waals surface area contributed by atoms with Gasteiger partial charge in [0.2, 0.25) is 0 Å². The molecule has 6 heteroatoms. The molecule has 0 unspecified atom stereocenters. The fraction of sp³-hybridized carbons (Fsp3) is 0.0769. The predicted octanol–water partition coefficient (Wildman–Crippen LogP) is 2.75. The Kier molecular flexibility index (Phi) is 3.87. The minimum Gasteiger partial charge on any atom is -0.507 e. The zero-order valence-electron chi connectivity index (χ0n) is 10.1. The number of nitrogens with one attached hydrogen (secondary N) is 1. The number of halogens is 1. The Labute approximate surface area is 114 Å². The largest absolute Gasteiger partial charge is 0.507 e. The van der Waals surface area contributed by atoms with Gasteiger partial charge in [0.15, 0.2) is 0 Å². The first-order valence-electron chi connectivity index (χ1n) is 5.45. The number of para-hydroxylation sites is 1. The molecule has 0 saturated heterocycles. The smallest absolute Gasteiger partial charge is 0.348 e. The fourth-order valence-electron chi connectivity index (χ4n) is 1.44. The van der Waals surface area contributed by atoms with Crippen LogP contribution in [0, 0.1) is 6.92 Å². The van der Waals surface area contributed by atoms with E-state index in [1.807, 2.05) is 0 Å². The molecule has 0 aliphatic heterocycles. The maximum absolute atomic E-state index is 11.5. The van der Waals surface area contributed by atoms with E-state index in [9.17, 15) is 9.90 Å². The van der Waals surface area contributed by atoms with E-state index in [1.54, 1.807) is 31.2 Å². The Balaban J connectivity index is 2.21. The van der Waals surface area contributed by atoms with Crippen LogP contribution in [0.1, 0.15) is 11.3 Å². The van der Waals surface area contributed by atoms with Gasteiger partial charge >= 0.3 is 5.63 Å². The minimum atomic E-state index is -0.651. The molecule has 2 N–H and O–H groups in total. The molecule has 2 aromatic rings. The highest BCUT2D eigenvalue weighted by atomic mass is 35.5. The van der Waals surface area contributed by atoms with Crippen LogP contribution in [-0.4, -0.2) is 11.3 Å². The zero-order chi connectivity index (χ0) is 13.8. The molecule has 5 nitrogen and oxygen atoms in total. The Morgan fingerprint density at radius 2 is 2.16 bits per heavy atom. The molecule has 0 aliphatic rings. The van der Waals surface area contributed by atoms with Crippen LogP contribution in [0.25, 0.3) is 0 Å². The van der Waals surface area contributed by atoms with Crippen molar-refractivity contribution < 1.29 is 9.52 Å². The first kappa shape index (κ1) is 13.2. The van der Waals surface area contributed by atoms with E-state index < -0.39 is 5.63 Å². The number of nitrogens with zero attached hydrogens (tertiary/aromatic N) is 1. The topological polar surface area (TPSA) is 74.8 Å². The summed E-state index contributed by atoms with van der Waals surface area (Å²) in [6.07, 6.45) is 1.18. The molecule has 98 valence electrons. The second kappa shape index (κ2) is 5.58. The molecule has 1 aromatic carbocycles. The van der Waals surface area contributed by atoms with Crippen molar-refractivity contribution >= 4 is 23.5 Å². The van der Waals surface area contributed by atoms with Crippen molar-refractivity contribution in [1.82, 2.24) is 0 Å². The summed E-state index contributed by atoms with van der Waals surface area (Å²) in [4.78, 5) is 11.5. The number of aromatic hydroxyl groups is 1. The molecule has 0 spiro atoms. The molecule has 0 radical (unpaired) electrons. The van der Waals surface area contributed by atoms with Crippen molar-refractivity contribution in [2.24, 2.45) is 5.10 Å². The van der Waals surface area contributed by atoms with Crippen LogP contribution < -0.4 is 11.1 Å². The summed E-state index contributed by atoms with van der Waals surface area (Å²) >= 11 is 5.92. The Bertz CT molecular complexity index is 680. The zero-order valence-corrected chi connectivity index (χ0v) is 10.8. The third-order valence-corrected chi connectivity index (χ3v) is 2.67. The van der Waals surface area contributed by atoms with Crippen molar-refractivity contribution in [3.05, 3.63) is 57.1 Å². The maximum atomic E-state index is 11.5. The van der Waals surface area contributed by atoms with Crippen LogP contribution in [0.4, 0.5) is 5.69 Å². The summed E-state index contributed by atoms with van der Waals surface area (Å²) in [5.41, 5.74) is 2.60. The van der Waals surface area contributed by atoms with Gasteiger partial charge in [-0.1, -0.05) is 23.7 Å². The molecule has 2 rings (SSSR count). The number of hydrazone groups is 1. The fourth-order valence-corrected chi connectivity index (χ4v) is 1.62. The van der Waals surface area contributed by atoms with Crippen LogP contribution >= 0.6 is 11.6 Å². The number of rotatable bonds is 3. The van der Waals surface area contributed by atoms with E-state index in [0.29, 0.717) is 16.5 Å². The average molecular weight is 279 g/mol.